The fourth-order valence-corrected chi connectivity index (χ4v) is 2.10. The van der Waals surface area contributed by atoms with Crippen LogP contribution in [0.25, 0.3) is 0 Å². The molecule has 110 valence electrons. The number of rotatable bonds is 3. The average molecular weight is 277 g/mol. The van der Waals surface area contributed by atoms with Gasteiger partial charge < -0.3 is 19.8 Å². The molecule has 4 nitrogen and oxygen atoms in total. The standard InChI is InChI=1S/C15H24BNO3/c1-10(2)18-13-11(8-7-9-12(13)17)16-19-14(3,4)15(5,6)20-16/h7-10H,17H2,1-6H3. The third-order valence-corrected chi connectivity index (χ3v) is 3.94. The van der Waals surface area contributed by atoms with Crippen LogP contribution in [-0.4, -0.2) is 24.4 Å². The SMILES string of the molecule is CC(C)Oc1c(N)cccc1B1OC(C)(C)C(C)(C)O1. The summed E-state index contributed by atoms with van der Waals surface area (Å²) in [7, 11) is -0.461. The Hall–Kier alpha value is -1.20. The molecule has 1 aromatic carbocycles. The predicted octanol–water partition coefficient (Wildman–Crippen LogP) is 2.36. The van der Waals surface area contributed by atoms with E-state index in [1.165, 1.54) is 0 Å². The van der Waals surface area contributed by atoms with E-state index in [4.69, 9.17) is 19.8 Å². The summed E-state index contributed by atoms with van der Waals surface area (Å²) in [5.74, 6) is 0.654. The minimum Gasteiger partial charge on any atom is -0.489 e. The number of benzene rings is 1. The number of para-hydroxylation sites is 1. The molecule has 0 bridgehead atoms. The Labute approximate surface area is 121 Å². The number of ether oxygens (including phenoxy) is 1. The van der Waals surface area contributed by atoms with Gasteiger partial charge in [-0.3, -0.25) is 0 Å². The van der Waals surface area contributed by atoms with Gasteiger partial charge in [-0.2, -0.15) is 0 Å². The lowest BCUT2D eigenvalue weighted by molar-refractivity contribution is 0.00578. The number of anilines is 1. The second-order valence-electron chi connectivity index (χ2n) is 6.52. The zero-order chi connectivity index (χ0) is 15.1. The molecule has 0 atom stereocenters. The van der Waals surface area contributed by atoms with Crippen molar-refractivity contribution in [2.75, 3.05) is 5.73 Å². The Balaban J connectivity index is 2.37. The van der Waals surface area contributed by atoms with Crippen molar-refractivity contribution < 1.29 is 14.0 Å². The lowest BCUT2D eigenvalue weighted by atomic mass is 9.78. The van der Waals surface area contributed by atoms with Crippen molar-refractivity contribution in [1.82, 2.24) is 0 Å². The predicted molar refractivity (Wildman–Crippen MR) is 82.3 cm³/mol. The van der Waals surface area contributed by atoms with Crippen LogP contribution in [0.1, 0.15) is 41.5 Å². The summed E-state index contributed by atoms with van der Waals surface area (Å²) in [5, 5.41) is 0. The van der Waals surface area contributed by atoms with Crippen LogP contribution < -0.4 is 15.9 Å². The first-order valence-electron chi connectivity index (χ1n) is 7.05. The van der Waals surface area contributed by atoms with Crippen molar-refractivity contribution >= 4 is 18.3 Å². The Morgan fingerprint density at radius 1 is 1.10 bits per heavy atom. The molecule has 1 heterocycles. The van der Waals surface area contributed by atoms with Crippen molar-refractivity contribution in [2.24, 2.45) is 0 Å². The highest BCUT2D eigenvalue weighted by Gasteiger charge is 2.52. The molecule has 1 aromatic rings. The average Bonchev–Trinajstić information content (AvgIpc) is 2.50. The van der Waals surface area contributed by atoms with Crippen LogP contribution >= 0.6 is 0 Å². The van der Waals surface area contributed by atoms with Crippen molar-refractivity contribution in [3.8, 4) is 5.75 Å². The van der Waals surface area contributed by atoms with Gasteiger partial charge in [-0.15, -0.1) is 0 Å². The molecule has 0 unspecified atom stereocenters. The third kappa shape index (κ3) is 2.65. The Bertz CT molecular complexity index is 484. The zero-order valence-corrected chi connectivity index (χ0v) is 13.2. The number of hydrogen-bond acceptors (Lipinski definition) is 4. The van der Waals surface area contributed by atoms with Gasteiger partial charge in [0.05, 0.1) is 23.0 Å². The molecule has 5 heteroatoms. The Kier molecular flexibility index (Phi) is 3.78. The summed E-state index contributed by atoms with van der Waals surface area (Å²) < 4.78 is 18.0. The maximum atomic E-state index is 6.07. The molecular formula is C15H24BNO3. The summed E-state index contributed by atoms with van der Waals surface area (Å²) in [6.07, 6.45) is 0.0425. The summed E-state index contributed by atoms with van der Waals surface area (Å²) in [6, 6.07) is 5.66. The minimum atomic E-state index is -0.461. The van der Waals surface area contributed by atoms with Crippen LogP contribution in [0.3, 0.4) is 0 Å². The molecule has 1 fully saturated rings. The molecule has 0 saturated carbocycles. The fraction of sp³-hybridized carbons (Fsp3) is 0.600. The van der Waals surface area contributed by atoms with Gasteiger partial charge in [0, 0.05) is 5.46 Å². The number of nitrogen functional groups attached to an aromatic ring is 1. The Morgan fingerprint density at radius 2 is 1.65 bits per heavy atom. The summed E-state index contributed by atoms with van der Waals surface area (Å²) in [5.41, 5.74) is 6.73. The highest BCUT2D eigenvalue weighted by atomic mass is 16.7. The summed E-state index contributed by atoms with van der Waals surface area (Å²) in [6.45, 7) is 12.1. The molecule has 20 heavy (non-hydrogen) atoms. The molecule has 0 aliphatic carbocycles. The van der Waals surface area contributed by atoms with Crippen molar-refractivity contribution in [3.05, 3.63) is 18.2 Å². The summed E-state index contributed by atoms with van der Waals surface area (Å²) in [4.78, 5) is 0. The molecule has 2 rings (SSSR count). The number of hydrogen-bond donors (Lipinski definition) is 1. The van der Waals surface area contributed by atoms with Gasteiger partial charge in [-0.05, 0) is 47.6 Å². The van der Waals surface area contributed by atoms with Crippen molar-refractivity contribution in [2.45, 2.75) is 58.8 Å². The normalized spacial score (nSPS) is 20.4. The van der Waals surface area contributed by atoms with E-state index < -0.39 is 7.12 Å². The van der Waals surface area contributed by atoms with E-state index in [0.717, 1.165) is 5.46 Å². The second-order valence-corrected chi connectivity index (χ2v) is 6.52. The monoisotopic (exact) mass is 277 g/mol. The molecule has 0 aromatic heterocycles. The van der Waals surface area contributed by atoms with E-state index >= 15 is 0 Å². The van der Waals surface area contributed by atoms with E-state index in [-0.39, 0.29) is 17.3 Å². The van der Waals surface area contributed by atoms with Gasteiger partial charge in [0.15, 0.2) is 0 Å². The molecule has 1 saturated heterocycles. The van der Waals surface area contributed by atoms with E-state index in [1.54, 1.807) is 0 Å². The van der Waals surface area contributed by atoms with Crippen LogP contribution in [-0.2, 0) is 9.31 Å². The highest BCUT2D eigenvalue weighted by Crippen LogP contribution is 2.37. The van der Waals surface area contributed by atoms with Crippen LogP contribution in [0.15, 0.2) is 18.2 Å². The summed E-state index contributed by atoms with van der Waals surface area (Å²) >= 11 is 0. The quantitative estimate of drug-likeness (QED) is 0.680. The maximum Gasteiger partial charge on any atom is 0.498 e. The Morgan fingerprint density at radius 3 is 2.15 bits per heavy atom. The van der Waals surface area contributed by atoms with Crippen LogP contribution in [0.2, 0.25) is 0 Å². The van der Waals surface area contributed by atoms with Crippen LogP contribution in [0.5, 0.6) is 5.75 Å². The molecule has 0 amide bonds. The zero-order valence-electron chi connectivity index (χ0n) is 13.2. The molecule has 0 radical (unpaired) electrons. The molecule has 1 aliphatic heterocycles. The third-order valence-electron chi connectivity index (χ3n) is 3.94. The smallest absolute Gasteiger partial charge is 0.489 e. The van der Waals surface area contributed by atoms with Gasteiger partial charge in [-0.1, -0.05) is 12.1 Å². The van der Waals surface area contributed by atoms with Crippen LogP contribution in [0, 0.1) is 0 Å². The molecular weight excluding hydrogens is 253 g/mol. The van der Waals surface area contributed by atoms with Gasteiger partial charge in [0.1, 0.15) is 5.75 Å². The van der Waals surface area contributed by atoms with Gasteiger partial charge in [0.2, 0.25) is 0 Å². The van der Waals surface area contributed by atoms with E-state index in [2.05, 4.69) is 0 Å². The molecule has 1 aliphatic rings. The fourth-order valence-electron chi connectivity index (χ4n) is 2.10. The topological polar surface area (TPSA) is 53.7 Å². The van der Waals surface area contributed by atoms with E-state index in [9.17, 15) is 0 Å². The van der Waals surface area contributed by atoms with Crippen LogP contribution in [0.4, 0.5) is 5.69 Å². The maximum absolute atomic E-state index is 6.07. The van der Waals surface area contributed by atoms with Crippen molar-refractivity contribution in [1.29, 1.82) is 0 Å². The lowest BCUT2D eigenvalue weighted by Gasteiger charge is -2.32. The van der Waals surface area contributed by atoms with Gasteiger partial charge in [0.25, 0.3) is 0 Å². The van der Waals surface area contributed by atoms with E-state index in [1.807, 2.05) is 59.7 Å². The first kappa shape index (κ1) is 15.2. The molecule has 2 N–H and O–H groups in total. The lowest BCUT2D eigenvalue weighted by Crippen LogP contribution is -2.41. The number of nitrogens with two attached hydrogens (primary N) is 1. The minimum absolute atomic E-state index is 0.0425. The van der Waals surface area contributed by atoms with E-state index in [0.29, 0.717) is 11.4 Å². The van der Waals surface area contributed by atoms with Gasteiger partial charge in [-0.25, -0.2) is 0 Å². The van der Waals surface area contributed by atoms with Gasteiger partial charge >= 0.3 is 7.12 Å². The highest BCUT2D eigenvalue weighted by molar-refractivity contribution is 6.63. The first-order valence-corrected chi connectivity index (χ1v) is 7.05. The molecule has 0 spiro atoms. The second kappa shape index (κ2) is 4.97. The largest absolute Gasteiger partial charge is 0.498 e. The first-order chi connectivity index (χ1) is 9.14. The van der Waals surface area contributed by atoms with Crippen molar-refractivity contribution in [3.63, 3.8) is 0 Å².